The van der Waals surface area contributed by atoms with E-state index in [9.17, 15) is 8.42 Å². The molecule has 0 amide bonds. The van der Waals surface area contributed by atoms with Gasteiger partial charge >= 0.3 is 0 Å². The van der Waals surface area contributed by atoms with Gasteiger partial charge in [0.25, 0.3) is 0 Å². The molecule has 1 atom stereocenters. The highest BCUT2D eigenvalue weighted by molar-refractivity contribution is 7.89. The molecule has 1 heterocycles. The average molecular weight is 276 g/mol. The first-order chi connectivity index (χ1) is 8.33. The molecule has 1 fully saturated rings. The molecular weight excluding hydrogens is 248 g/mol. The summed E-state index contributed by atoms with van der Waals surface area (Å²) in [5, 5.41) is 3.36. The fourth-order valence-corrected chi connectivity index (χ4v) is 4.51. The van der Waals surface area contributed by atoms with Gasteiger partial charge in [0.05, 0.1) is 5.75 Å². The van der Waals surface area contributed by atoms with Gasteiger partial charge in [-0.05, 0) is 18.8 Å². The first-order valence-electron chi connectivity index (χ1n) is 7.06. The summed E-state index contributed by atoms with van der Waals surface area (Å²) in [4.78, 5) is 0. The molecule has 1 unspecified atom stereocenters. The first-order valence-corrected chi connectivity index (χ1v) is 8.66. The van der Waals surface area contributed by atoms with Crippen LogP contribution in [-0.2, 0) is 10.0 Å². The number of hydrogen-bond donors (Lipinski definition) is 1. The van der Waals surface area contributed by atoms with E-state index in [1.165, 1.54) is 0 Å². The third kappa shape index (κ3) is 4.86. The van der Waals surface area contributed by atoms with Gasteiger partial charge in [-0.3, -0.25) is 0 Å². The minimum Gasteiger partial charge on any atom is -0.313 e. The van der Waals surface area contributed by atoms with Crippen LogP contribution in [0.15, 0.2) is 0 Å². The zero-order chi connectivity index (χ0) is 13.8. The van der Waals surface area contributed by atoms with Crippen LogP contribution >= 0.6 is 0 Å². The van der Waals surface area contributed by atoms with Gasteiger partial charge in [0.2, 0.25) is 10.0 Å². The topological polar surface area (TPSA) is 49.4 Å². The Morgan fingerprint density at radius 1 is 1.22 bits per heavy atom. The van der Waals surface area contributed by atoms with Gasteiger partial charge in [-0.15, -0.1) is 0 Å². The fourth-order valence-electron chi connectivity index (χ4n) is 2.43. The standard InChI is InChI=1S/C13H28N2O2S/c1-11(2)10-18(16,17)15-8-6-5-7-13(15)9-14-12(3)4/h11-14H,5-10H2,1-4H3. The van der Waals surface area contributed by atoms with Gasteiger partial charge in [0, 0.05) is 25.2 Å². The summed E-state index contributed by atoms with van der Waals surface area (Å²) in [5.74, 6) is 0.459. The van der Waals surface area contributed by atoms with Gasteiger partial charge in [-0.25, -0.2) is 8.42 Å². The molecule has 0 spiro atoms. The summed E-state index contributed by atoms with van der Waals surface area (Å²) >= 11 is 0. The molecule has 0 bridgehead atoms. The lowest BCUT2D eigenvalue weighted by molar-refractivity contribution is 0.241. The zero-order valence-electron chi connectivity index (χ0n) is 12.1. The highest BCUT2D eigenvalue weighted by Gasteiger charge is 2.32. The fraction of sp³-hybridized carbons (Fsp3) is 1.00. The van der Waals surface area contributed by atoms with E-state index in [4.69, 9.17) is 0 Å². The highest BCUT2D eigenvalue weighted by Crippen LogP contribution is 2.21. The Balaban J connectivity index is 2.69. The van der Waals surface area contributed by atoms with Crippen LogP contribution in [0.2, 0.25) is 0 Å². The van der Waals surface area contributed by atoms with Gasteiger partial charge in [-0.1, -0.05) is 34.1 Å². The Hall–Kier alpha value is -0.130. The lowest BCUT2D eigenvalue weighted by atomic mass is 10.0. The first kappa shape index (κ1) is 15.9. The van der Waals surface area contributed by atoms with Crippen LogP contribution in [0.25, 0.3) is 0 Å². The number of sulfonamides is 1. The molecule has 4 nitrogen and oxygen atoms in total. The Labute approximate surface area is 112 Å². The van der Waals surface area contributed by atoms with Crippen LogP contribution < -0.4 is 5.32 Å². The lowest BCUT2D eigenvalue weighted by Crippen LogP contribution is -2.50. The van der Waals surface area contributed by atoms with Crippen molar-refractivity contribution in [3.8, 4) is 0 Å². The van der Waals surface area contributed by atoms with E-state index in [0.29, 0.717) is 12.6 Å². The molecule has 108 valence electrons. The zero-order valence-corrected chi connectivity index (χ0v) is 13.0. The molecule has 18 heavy (non-hydrogen) atoms. The van der Waals surface area contributed by atoms with Crippen LogP contribution in [-0.4, -0.2) is 43.6 Å². The van der Waals surface area contributed by atoms with Crippen molar-refractivity contribution in [1.29, 1.82) is 0 Å². The summed E-state index contributed by atoms with van der Waals surface area (Å²) < 4.78 is 26.4. The normalized spacial score (nSPS) is 22.9. The van der Waals surface area contributed by atoms with Gasteiger partial charge in [-0.2, -0.15) is 4.31 Å². The van der Waals surface area contributed by atoms with Crippen LogP contribution in [0.5, 0.6) is 0 Å². The SMILES string of the molecule is CC(C)CS(=O)(=O)N1CCCCC1CNC(C)C. The van der Waals surface area contributed by atoms with E-state index in [2.05, 4.69) is 19.2 Å². The van der Waals surface area contributed by atoms with Gasteiger partial charge in [0.15, 0.2) is 0 Å². The molecule has 0 radical (unpaired) electrons. The van der Waals surface area contributed by atoms with Crippen LogP contribution in [0.1, 0.15) is 47.0 Å². The van der Waals surface area contributed by atoms with E-state index in [1.807, 2.05) is 13.8 Å². The van der Waals surface area contributed by atoms with Crippen molar-refractivity contribution >= 4 is 10.0 Å². The number of piperidine rings is 1. The van der Waals surface area contributed by atoms with Crippen molar-refractivity contribution in [2.24, 2.45) is 5.92 Å². The van der Waals surface area contributed by atoms with E-state index >= 15 is 0 Å². The molecule has 5 heteroatoms. The molecule has 0 aromatic carbocycles. The number of nitrogens with zero attached hydrogens (tertiary/aromatic N) is 1. The maximum Gasteiger partial charge on any atom is 0.214 e. The van der Waals surface area contributed by atoms with Crippen molar-refractivity contribution in [2.45, 2.75) is 59.0 Å². The predicted molar refractivity (Wildman–Crippen MR) is 76.1 cm³/mol. The molecule has 1 aliphatic heterocycles. The largest absolute Gasteiger partial charge is 0.313 e. The quantitative estimate of drug-likeness (QED) is 0.805. The van der Waals surface area contributed by atoms with Crippen molar-refractivity contribution in [1.82, 2.24) is 9.62 Å². The molecule has 0 aromatic heterocycles. The second kappa shape index (κ2) is 6.87. The smallest absolute Gasteiger partial charge is 0.214 e. The molecule has 1 rings (SSSR count). The summed E-state index contributed by atoms with van der Waals surface area (Å²) in [7, 11) is -3.09. The maximum absolute atomic E-state index is 12.3. The molecule has 0 saturated carbocycles. The second-order valence-corrected chi connectivity index (χ2v) is 7.96. The highest BCUT2D eigenvalue weighted by atomic mass is 32.2. The third-order valence-electron chi connectivity index (χ3n) is 3.24. The molecule has 1 aliphatic rings. The Morgan fingerprint density at radius 3 is 2.44 bits per heavy atom. The average Bonchev–Trinajstić information content (AvgIpc) is 2.25. The number of nitrogens with one attached hydrogen (secondary N) is 1. The second-order valence-electron chi connectivity index (χ2n) is 6.00. The summed E-state index contributed by atoms with van der Waals surface area (Å²) in [5.41, 5.74) is 0. The minimum absolute atomic E-state index is 0.143. The molecule has 0 aromatic rings. The molecule has 1 N–H and O–H groups in total. The number of hydrogen-bond acceptors (Lipinski definition) is 3. The maximum atomic E-state index is 12.3. The summed E-state index contributed by atoms with van der Waals surface area (Å²) in [6.07, 6.45) is 3.12. The van der Waals surface area contributed by atoms with E-state index in [-0.39, 0.29) is 17.7 Å². The Bertz CT molecular complexity index is 339. The Kier molecular flexibility index (Phi) is 6.08. The minimum atomic E-state index is -3.09. The third-order valence-corrected chi connectivity index (χ3v) is 5.52. The van der Waals surface area contributed by atoms with Gasteiger partial charge in [0.1, 0.15) is 0 Å². The van der Waals surface area contributed by atoms with E-state index < -0.39 is 10.0 Å². The van der Waals surface area contributed by atoms with E-state index in [1.54, 1.807) is 4.31 Å². The Morgan fingerprint density at radius 2 is 1.89 bits per heavy atom. The van der Waals surface area contributed by atoms with Crippen molar-refractivity contribution in [3.05, 3.63) is 0 Å². The van der Waals surface area contributed by atoms with Gasteiger partial charge < -0.3 is 5.32 Å². The molecule has 1 saturated heterocycles. The monoisotopic (exact) mass is 276 g/mol. The van der Waals surface area contributed by atoms with E-state index in [0.717, 1.165) is 25.8 Å². The van der Waals surface area contributed by atoms with Crippen LogP contribution in [0.3, 0.4) is 0 Å². The van der Waals surface area contributed by atoms with Crippen molar-refractivity contribution in [2.75, 3.05) is 18.8 Å². The molecular formula is C13H28N2O2S. The summed E-state index contributed by atoms with van der Waals surface area (Å²) in [6.45, 7) is 9.58. The predicted octanol–water partition coefficient (Wildman–Crippen LogP) is 1.82. The van der Waals surface area contributed by atoms with Crippen LogP contribution in [0, 0.1) is 5.92 Å². The van der Waals surface area contributed by atoms with Crippen LogP contribution in [0.4, 0.5) is 0 Å². The summed E-state index contributed by atoms with van der Waals surface area (Å²) in [6, 6.07) is 0.548. The number of rotatable bonds is 6. The van der Waals surface area contributed by atoms with Crippen molar-refractivity contribution < 1.29 is 8.42 Å². The van der Waals surface area contributed by atoms with Crippen molar-refractivity contribution in [3.63, 3.8) is 0 Å². The lowest BCUT2D eigenvalue weighted by Gasteiger charge is -2.35. The molecule has 0 aliphatic carbocycles.